The maximum absolute atomic E-state index is 10.7. The van der Waals surface area contributed by atoms with Crippen LogP contribution in [0, 0.1) is 23.7 Å². The number of hydrogen-bond acceptors (Lipinski definition) is 4. The summed E-state index contributed by atoms with van der Waals surface area (Å²) in [5.41, 5.74) is -0.274. The van der Waals surface area contributed by atoms with Gasteiger partial charge >= 0.3 is 5.97 Å². The van der Waals surface area contributed by atoms with Crippen molar-refractivity contribution in [1.29, 1.82) is 5.26 Å². The molecule has 0 unspecified atom stereocenters. The molecule has 2 aromatic rings. The van der Waals surface area contributed by atoms with Crippen molar-refractivity contribution in [3.8, 4) is 28.2 Å². The van der Waals surface area contributed by atoms with Crippen molar-refractivity contribution >= 4 is 34.7 Å². The normalized spacial score (nSPS) is 10.7. The van der Waals surface area contributed by atoms with E-state index in [-0.39, 0.29) is 5.57 Å². The molecule has 2 heterocycles. The van der Waals surface area contributed by atoms with Crippen LogP contribution in [-0.2, 0) is 4.79 Å². The summed E-state index contributed by atoms with van der Waals surface area (Å²) < 4.78 is 0. The van der Waals surface area contributed by atoms with Crippen molar-refractivity contribution in [3.05, 3.63) is 39.6 Å². The molecule has 0 saturated carbocycles. The predicted octanol–water partition coefficient (Wildman–Crippen LogP) is 3.45. The van der Waals surface area contributed by atoms with Crippen molar-refractivity contribution in [1.82, 2.24) is 0 Å². The summed E-state index contributed by atoms with van der Waals surface area (Å²) in [5, 5.41) is 17.5. The fraction of sp³-hybridized carbons (Fsp3) is 0. The number of nitriles is 1. The second-order valence-corrected chi connectivity index (χ2v) is 5.68. The summed E-state index contributed by atoms with van der Waals surface area (Å²) in [6.45, 7) is 0. The van der Waals surface area contributed by atoms with Crippen LogP contribution in [0.15, 0.2) is 29.8 Å². The number of terminal acetylenes is 1. The molecule has 0 radical (unpaired) electrons. The molecule has 0 amide bonds. The molecule has 0 aliphatic rings. The zero-order valence-electron chi connectivity index (χ0n) is 9.58. The van der Waals surface area contributed by atoms with Gasteiger partial charge in [-0.05, 0) is 30.3 Å². The minimum atomic E-state index is -1.22. The predicted molar refractivity (Wildman–Crippen MR) is 76.8 cm³/mol. The number of rotatable bonds is 3. The van der Waals surface area contributed by atoms with Crippen molar-refractivity contribution in [2.45, 2.75) is 0 Å². The van der Waals surface area contributed by atoms with E-state index in [0.29, 0.717) is 0 Å². The molecule has 5 heteroatoms. The zero-order valence-corrected chi connectivity index (χ0v) is 11.2. The summed E-state index contributed by atoms with van der Waals surface area (Å²) in [6.07, 6.45) is 6.68. The molecule has 3 nitrogen and oxygen atoms in total. The SMILES string of the molecule is C#Cc1ccc(-c2ccc(/C=C(\C#N)C(=O)O)s2)s1. The van der Waals surface area contributed by atoms with Gasteiger partial charge in [0.25, 0.3) is 0 Å². The molecular formula is C14H7NO2S2. The van der Waals surface area contributed by atoms with Gasteiger partial charge in [0.1, 0.15) is 11.6 Å². The van der Waals surface area contributed by atoms with Gasteiger partial charge in [0, 0.05) is 14.6 Å². The molecule has 2 aromatic heterocycles. The van der Waals surface area contributed by atoms with E-state index in [1.807, 2.05) is 18.2 Å². The van der Waals surface area contributed by atoms with Crippen molar-refractivity contribution in [2.75, 3.05) is 0 Å². The maximum Gasteiger partial charge on any atom is 0.346 e. The summed E-state index contributed by atoms with van der Waals surface area (Å²) in [6, 6.07) is 9.13. The highest BCUT2D eigenvalue weighted by molar-refractivity contribution is 7.22. The van der Waals surface area contributed by atoms with E-state index in [1.54, 1.807) is 12.1 Å². The number of nitrogens with zero attached hydrogens (tertiary/aromatic N) is 1. The number of carbonyl (C=O) groups is 1. The highest BCUT2D eigenvalue weighted by atomic mass is 32.1. The Hall–Kier alpha value is -2.34. The van der Waals surface area contributed by atoms with Crippen LogP contribution in [0.2, 0.25) is 0 Å². The maximum atomic E-state index is 10.7. The lowest BCUT2D eigenvalue weighted by atomic mass is 10.2. The third-order valence-corrected chi connectivity index (χ3v) is 4.50. The molecule has 0 fully saturated rings. The Labute approximate surface area is 118 Å². The molecule has 92 valence electrons. The van der Waals surface area contributed by atoms with Crippen molar-refractivity contribution in [3.63, 3.8) is 0 Å². The first-order valence-corrected chi connectivity index (χ1v) is 6.79. The van der Waals surface area contributed by atoms with Crippen LogP contribution in [0.5, 0.6) is 0 Å². The third kappa shape index (κ3) is 2.92. The van der Waals surface area contributed by atoms with Gasteiger partial charge < -0.3 is 5.11 Å². The van der Waals surface area contributed by atoms with E-state index in [9.17, 15) is 4.79 Å². The van der Waals surface area contributed by atoms with Crippen molar-refractivity contribution < 1.29 is 9.90 Å². The highest BCUT2D eigenvalue weighted by Gasteiger charge is 2.08. The Balaban J connectivity index is 2.32. The van der Waals surface area contributed by atoms with Crippen LogP contribution < -0.4 is 0 Å². The minimum Gasteiger partial charge on any atom is -0.477 e. The lowest BCUT2D eigenvalue weighted by molar-refractivity contribution is -0.132. The van der Waals surface area contributed by atoms with Gasteiger partial charge in [-0.2, -0.15) is 5.26 Å². The highest BCUT2D eigenvalue weighted by Crippen LogP contribution is 2.34. The van der Waals surface area contributed by atoms with Gasteiger partial charge in [0.2, 0.25) is 0 Å². The second-order valence-electron chi connectivity index (χ2n) is 3.49. The van der Waals surface area contributed by atoms with E-state index in [0.717, 1.165) is 19.5 Å². The van der Waals surface area contributed by atoms with Gasteiger partial charge in [0.15, 0.2) is 0 Å². The van der Waals surface area contributed by atoms with E-state index in [2.05, 4.69) is 5.92 Å². The number of aliphatic carboxylic acids is 1. The first-order chi connectivity index (χ1) is 9.13. The third-order valence-electron chi connectivity index (χ3n) is 2.26. The Morgan fingerprint density at radius 3 is 2.53 bits per heavy atom. The molecule has 2 rings (SSSR count). The van der Waals surface area contributed by atoms with Crippen molar-refractivity contribution in [2.24, 2.45) is 0 Å². The first-order valence-electron chi connectivity index (χ1n) is 5.16. The van der Waals surface area contributed by atoms with Crippen LogP contribution in [0.25, 0.3) is 15.8 Å². The average Bonchev–Trinajstić information content (AvgIpc) is 3.03. The summed E-state index contributed by atoms with van der Waals surface area (Å²) in [7, 11) is 0. The molecule has 0 saturated heterocycles. The molecule has 0 aliphatic heterocycles. The van der Waals surface area contributed by atoms with Crippen LogP contribution in [0.3, 0.4) is 0 Å². The monoisotopic (exact) mass is 285 g/mol. The van der Waals surface area contributed by atoms with Crippen LogP contribution >= 0.6 is 22.7 Å². The molecule has 0 aliphatic carbocycles. The van der Waals surface area contributed by atoms with E-state index < -0.39 is 5.97 Å². The lowest BCUT2D eigenvalue weighted by Gasteiger charge is -1.89. The van der Waals surface area contributed by atoms with Crippen LogP contribution in [0.4, 0.5) is 0 Å². The van der Waals surface area contributed by atoms with Gasteiger partial charge in [-0.25, -0.2) is 4.79 Å². The van der Waals surface area contributed by atoms with Gasteiger partial charge in [0.05, 0.1) is 4.88 Å². The summed E-state index contributed by atoms with van der Waals surface area (Å²) in [4.78, 5) is 14.4. The average molecular weight is 285 g/mol. The molecule has 0 atom stereocenters. The number of hydrogen-bond donors (Lipinski definition) is 1. The van der Waals surface area contributed by atoms with E-state index >= 15 is 0 Å². The zero-order chi connectivity index (χ0) is 13.8. The largest absolute Gasteiger partial charge is 0.477 e. The molecule has 0 bridgehead atoms. The number of carboxylic acid groups (broad SMARTS) is 1. The Morgan fingerprint density at radius 1 is 1.26 bits per heavy atom. The smallest absolute Gasteiger partial charge is 0.346 e. The Kier molecular flexibility index (Phi) is 3.82. The van der Waals surface area contributed by atoms with Gasteiger partial charge in [-0.3, -0.25) is 0 Å². The van der Waals surface area contributed by atoms with Crippen LogP contribution in [-0.4, -0.2) is 11.1 Å². The molecule has 19 heavy (non-hydrogen) atoms. The Bertz CT molecular complexity index is 738. The quantitative estimate of drug-likeness (QED) is 0.534. The molecular weight excluding hydrogens is 278 g/mol. The number of thiophene rings is 2. The van der Waals surface area contributed by atoms with E-state index in [1.165, 1.54) is 28.7 Å². The molecule has 1 N–H and O–H groups in total. The lowest BCUT2D eigenvalue weighted by Crippen LogP contribution is -1.96. The number of carboxylic acids is 1. The molecule has 0 aromatic carbocycles. The standard InChI is InChI=1S/C14H7NO2S2/c1-2-10-3-5-12(18-10)13-6-4-11(19-13)7-9(8-15)14(16)17/h1,3-7H,(H,16,17)/b9-7+. The van der Waals surface area contributed by atoms with Crippen LogP contribution in [0.1, 0.15) is 9.75 Å². The van der Waals surface area contributed by atoms with Gasteiger partial charge in [-0.1, -0.05) is 5.92 Å². The first kappa shape index (κ1) is 13.1. The fourth-order valence-electron chi connectivity index (χ4n) is 1.39. The Morgan fingerprint density at radius 2 is 1.95 bits per heavy atom. The van der Waals surface area contributed by atoms with Gasteiger partial charge in [-0.15, -0.1) is 29.1 Å². The summed E-state index contributed by atoms with van der Waals surface area (Å²) >= 11 is 2.92. The minimum absolute atomic E-state index is 0.274. The topological polar surface area (TPSA) is 61.1 Å². The van der Waals surface area contributed by atoms with E-state index in [4.69, 9.17) is 16.8 Å². The fourth-order valence-corrected chi connectivity index (χ4v) is 3.25. The summed E-state index contributed by atoms with van der Waals surface area (Å²) in [5.74, 6) is 1.35. The second kappa shape index (κ2) is 5.53. The molecule has 0 spiro atoms.